The predicted octanol–water partition coefficient (Wildman–Crippen LogP) is 2.90. The number of nitrogens with one attached hydrogen (secondary N) is 2. The summed E-state index contributed by atoms with van der Waals surface area (Å²) in [5.41, 5.74) is 0.764. The number of urea groups is 1. The lowest BCUT2D eigenvalue weighted by Gasteiger charge is -2.34. The Kier molecular flexibility index (Phi) is 4.35. The van der Waals surface area contributed by atoms with Crippen molar-refractivity contribution in [2.75, 3.05) is 18.5 Å². The first-order chi connectivity index (χ1) is 10.6. The van der Waals surface area contributed by atoms with Gasteiger partial charge in [0.15, 0.2) is 0 Å². The molecule has 1 aromatic heterocycles. The van der Waals surface area contributed by atoms with Crippen LogP contribution in [0, 0.1) is 0 Å². The zero-order valence-electron chi connectivity index (χ0n) is 12.3. The minimum absolute atomic E-state index is 0.227. The molecular weight excluding hydrogens is 300 g/mol. The summed E-state index contributed by atoms with van der Waals surface area (Å²) >= 11 is 1.36. The molecule has 6 nitrogen and oxygen atoms in total. The van der Waals surface area contributed by atoms with Gasteiger partial charge in [0.25, 0.3) is 0 Å². The van der Waals surface area contributed by atoms with Gasteiger partial charge in [-0.1, -0.05) is 41.7 Å². The van der Waals surface area contributed by atoms with Gasteiger partial charge in [-0.15, -0.1) is 10.2 Å². The minimum atomic E-state index is -0.250. The SMILES string of the molecule is CC1(NC(=O)Nc2nnc(-c3ccccc3)s2)CCOCC1. The molecule has 0 spiro atoms. The normalized spacial score (nSPS) is 17.0. The van der Waals surface area contributed by atoms with E-state index in [2.05, 4.69) is 20.8 Å². The third kappa shape index (κ3) is 3.61. The maximum Gasteiger partial charge on any atom is 0.321 e. The van der Waals surface area contributed by atoms with E-state index >= 15 is 0 Å². The second kappa shape index (κ2) is 6.41. The van der Waals surface area contributed by atoms with Crippen molar-refractivity contribution in [1.29, 1.82) is 0 Å². The van der Waals surface area contributed by atoms with Gasteiger partial charge in [-0.3, -0.25) is 5.32 Å². The molecule has 1 saturated heterocycles. The van der Waals surface area contributed by atoms with E-state index in [1.165, 1.54) is 11.3 Å². The molecule has 116 valence electrons. The van der Waals surface area contributed by atoms with E-state index in [4.69, 9.17) is 4.74 Å². The van der Waals surface area contributed by atoms with Gasteiger partial charge in [-0.05, 0) is 19.8 Å². The van der Waals surface area contributed by atoms with Crippen molar-refractivity contribution in [2.24, 2.45) is 0 Å². The molecule has 0 saturated carbocycles. The van der Waals surface area contributed by atoms with Gasteiger partial charge in [0.2, 0.25) is 5.13 Å². The van der Waals surface area contributed by atoms with Crippen LogP contribution in [0.15, 0.2) is 30.3 Å². The van der Waals surface area contributed by atoms with Gasteiger partial charge in [-0.25, -0.2) is 4.79 Å². The van der Waals surface area contributed by atoms with Crippen LogP contribution >= 0.6 is 11.3 Å². The number of amides is 2. The number of aromatic nitrogens is 2. The van der Waals surface area contributed by atoms with Crippen LogP contribution in [-0.2, 0) is 4.74 Å². The van der Waals surface area contributed by atoms with Gasteiger partial charge < -0.3 is 10.1 Å². The quantitative estimate of drug-likeness (QED) is 0.912. The Bertz CT molecular complexity index is 638. The second-order valence-electron chi connectivity index (χ2n) is 5.53. The zero-order valence-corrected chi connectivity index (χ0v) is 13.2. The maximum absolute atomic E-state index is 12.1. The molecule has 0 unspecified atom stereocenters. The van der Waals surface area contributed by atoms with Crippen LogP contribution in [-0.4, -0.2) is 35.0 Å². The summed E-state index contributed by atoms with van der Waals surface area (Å²) < 4.78 is 5.33. The Morgan fingerprint density at radius 3 is 2.68 bits per heavy atom. The topological polar surface area (TPSA) is 76.1 Å². The first-order valence-corrected chi connectivity index (χ1v) is 8.02. The average Bonchev–Trinajstić information content (AvgIpc) is 2.96. The first kappa shape index (κ1) is 14.9. The van der Waals surface area contributed by atoms with Crippen molar-refractivity contribution < 1.29 is 9.53 Å². The van der Waals surface area contributed by atoms with Crippen LogP contribution in [0.1, 0.15) is 19.8 Å². The molecular formula is C15H18N4O2S. The van der Waals surface area contributed by atoms with E-state index in [0.29, 0.717) is 18.3 Å². The Balaban J connectivity index is 1.61. The van der Waals surface area contributed by atoms with Crippen LogP contribution in [0.2, 0.25) is 0 Å². The molecule has 0 bridgehead atoms. The van der Waals surface area contributed by atoms with Crippen LogP contribution in [0.25, 0.3) is 10.6 Å². The molecule has 2 heterocycles. The van der Waals surface area contributed by atoms with E-state index in [9.17, 15) is 4.79 Å². The zero-order chi connectivity index (χ0) is 15.4. The molecule has 0 aliphatic carbocycles. The fraction of sp³-hybridized carbons (Fsp3) is 0.400. The summed E-state index contributed by atoms with van der Waals surface area (Å²) in [6.45, 7) is 3.38. The fourth-order valence-electron chi connectivity index (χ4n) is 2.32. The summed E-state index contributed by atoms with van der Waals surface area (Å²) in [6.07, 6.45) is 1.62. The number of hydrogen-bond donors (Lipinski definition) is 2. The van der Waals surface area contributed by atoms with Crippen molar-refractivity contribution in [2.45, 2.75) is 25.3 Å². The summed E-state index contributed by atoms with van der Waals surface area (Å²) in [5.74, 6) is 0. The van der Waals surface area contributed by atoms with Crippen molar-refractivity contribution in [3.8, 4) is 10.6 Å². The van der Waals surface area contributed by atoms with Crippen molar-refractivity contribution >= 4 is 22.5 Å². The summed E-state index contributed by atoms with van der Waals surface area (Å²) in [5, 5.41) is 15.2. The first-order valence-electron chi connectivity index (χ1n) is 7.20. The van der Waals surface area contributed by atoms with Crippen LogP contribution < -0.4 is 10.6 Å². The van der Waals surface area contributed by atoms with Crippen LogP contribution in [0.5, 0.6) is 0 Å². The third-order valence-corrected chi connectivity index (χ3v) is 4.57. The Morgan fingerprint density at radius 1 is 1.23 bits per heavy atom. The number of carbonyl (C=O) groups excluding carboxylic acids is 1. The molecule has 1 aliphatic rings. The van der Waals surface area contributed by atoms with Crippen LogP contribution in [0.3, 0.4) is 0 Å². The summed E-state index contributed by atoms with van der Waals surface area (Å²) in [6, 6.07) is 9.53. The monoisotopic (exact) mass is 318 g/mol. The molecule has 22 heavy (non-hydrogen) atoms. The average molecular weight is 318 g/mol. The molecule has 3 rings (SSSR count). The van der Waals surface area contributed by atoms with Crippen molar-refractivity contribution in [1.82, 2.24) is 15.5 Å². The van der Waals surface area contributed by atoms with Gasteiger partial charge in [0, 0.05) is 24.3 Å². The number of benzene rings is 1. The lowest BCUT2D eigenvalue weighted by molar-refractivity contribution is 0.0499. The molecule has 1 aliphatic heterocycles. The number of ether oxygens (including phenoxy) is 1. The second-order valence-corrected chi connectivity index (χ2v) is 6.51. The van der Waals surface area contributed by atoms with E-state index in [-0.39, 0.29) is 11.6 Å². The number of hydrogen-bond acceptors (Lipinski definition) is 5. The highest BCUT2D eigenvalue weighted by atomic mass is 32.1. The summed E-state index contributed by atoms with van der Waals surface area (Å²) in [7, 11) is 0. The Labute approximate surface area is 132 Å². The van der Waals surface area contributed by atoms with E-state index < -0.39 is 0 Å². The van der Waals surface area contributed by atoms with Crippen molar-refractivity contribution in [3.05, 3.63) is 30.3 Å². The predicted molar refractivity (Wildman–Crippen MR) is 86.0 cm³/mol. The maximum atomic E-state index is 12.1. The summed E-state index contributed by atoms with van der Waals surface area (Å²) in [4.78, 5) is 12.1. The van der Waals surface area contributed by atoms with Gasteiger partial charge in [0.05, 0.1) is 0 Å². The lowest BCUT2D eigenvalue weighted by atomic mass is 9.93. The smallest absolute Gasteiger partial charge is 0.321 e. The minimum Gasteiger partial charge on any atom is -0.381 e. The van der Waals surface area contributed by atoms with E-state index in [1.54, 1.807) is 0 Å². The number of rotatable bonds is 3. The molecule has 7 heteroatoms. The van der Waals surface area contributed by atoms with Crippen molar-refractivity contribution in [3.63, 3.8) is 0 Å². The molecule has 2 aromatic rings. The standard InChI is InChI=1S/C15H18N4O2S/c1-15(7-9-21-10-8-15)17-13(20)16-14-19-18-12(22-14)11-5-3-2-4-6-11/h2-6H,7-10H2,1H3,(H2,16,17,19,20). The highest BCUT2D eigenvalue weighted by molar-refractivity contribution is 7.18. The molecule has 1 fully saturated rings. The third-order valence-electron chi connectivity index (χ3n) is 3.68. The van der Waals surface area contributed by atoms with Crippen LogP contribution in [0.4, 0.5) is 9.93 Å². The molecule has 0 radical (unpaired) electrons. The number of carbonyl (C=O) groups is 1. The highest BCUT2D eigenvalue weighted by Gasteiger charge is 2.29. The molecule has 2 amide bonds. The Hall–Kier alpha value is -1.99. The largest absolute Gasteiger partial charge is 0.381 e. The Morgan fingerprint density at radius 2 is 1.95 bits per heavy atom. The number of anilines is 1. The molecule has 0 atom stereocenters. The molecule has 2 N–H and O–H groups in total. The highest BCUT2D eigenvalue weighted by Crippen LogP contribution is 2.26. The van der Waals surface area contributed by atoms with E-state index in [1.807, 2.05) is 37.3 Å². The lowest BCUT2D eigenvalue weighted by Crippen LogP contribution is -2.51. The molecule has 1 aromatic carbocycles. The number of nitrogens with zero attached hydrogens (tertiary/aromatic N) is 2. The fourth-order valence-corrected chi connectivity index (χ4v) is 3.06. The van der Waals surface area contributed by atoms with Gasteiger partial charge in [-0.2, -0.15) is 0 Å². The van der Waals surface area contributed by atoms with Gasteiger partial charge >= 0.3 is 6.03 Å². The van der Waals surface area contributed by atoms with E-state index in [0.717, 1.165) is 23.4 Å². The van der Waals surface area contributed by atoms with Gasteiger partial charge in [0.1, 0.15) is 5.01 Å².